The molecule has 0 fully saturated rings. The normalized spacial score (nSPS) is 11.3. The first-order valence-corrected chi connectivity index (χ1v) is 4.42. The zero-order chi connectivity index (χ0) is 10.4. The van der Waals surface area contributed by atoms with E-state index in [0.717, 1.165) is 5.56 Å². The number of primary amides is 1. The highest BCUT2D eigenvalue weighted by Gasteiger charge is 2.10. The van der Waals surface area contributed by atoms with Crippen LogP contribution < -0.4 is 11.5 Å². The highest BCUT2D eigenvalue weighted by molar-refractivity contribution is 5.85. The molecule has 0 aliphatic rings. The van der Waals surface area contributed by atoms with Gasteiger partial charge in [0.25, 0.3) is 0 Å². The van der Waals surface area contributed by atoms with Gasteiger partial charge in [-0.05, 0) is 5.56 Å². The minimum absolute atomic E-state index is 0. The quantitative estimate of drug-likeness (QED) is 0.812. The van der Waals surface area contributed by atoms with Crippen LogP contribution in [0.1, 0.15) is 5.56 Å². The number of halogens is 1. The predicted octanol–water partition coefficient (Wildman–Crippen LogP) is 1.07. The maximum Gasteiger partial charge on any atom is 0.404 e. The highest BCUT2D eigenvalue weighted by atomic mass is 35.5. The van der Waals surface area contributed by atoms with Crippen LogP contribution in [0.4, 0.5) is 4.79 Å². The Labute approximate surface area is 95.0 Å². The topological polar surface area (TPSA) is 78.3 Å². The molecule has 4 nitrogen and oxygen atoms in total. The molecular formula is C10H15ClN2O2. The number of hydrogen-bond acceptors (Lipinski definition) is 3. The van der Waals surface area contributed by atoms with E-state index in [1.807, 2.05) is 30.3 Å². The van der Waals surface area contributed by atoms with Gasteiger partial charge in [0, 0.05) is 13.0 Å². The second-order valence-electron chi connectivity index (χ2n) is 2.98. The highest BCUT2D eigenvalue weighted by Crippen LogP contribution is 2.04. The summed E-state index contributed by atoms with van der Waals surface area (Å²) in [6, 6.07) is 9.68. The fourth-order valence-corrected chi connectivity index (χ4v) is 1.21. The molecule has 4 N–H and O–H groups in total. The van der Waals surface area contributed by atoms with Crippen molar-refractivity contribution in [2.45, 2.75) is 12.5 Å². The maximum absolute atomic E-state index is 10.5. The third-order valence-electron chi connectivity index (χ3n) is 1.85. The van der Waals surface area contributed by atoms with Crippen molar-refractivity contribution in [3.05, 3.63) is 35.9 Å². The van der Waals surface area contributed by atoms with Gasteiger partial charge in [-0.15, -0.1) is 12.4 Å². The van der Waals surface area contributed by atoms with Crippen molar-refractivity contribution in [3.63, 3.8) is 0 Å². The van der Waals surface area contributed by atoms with E-state index in [2.05, 4.69) is 0 Å². The molecule has 84 valence electrons. The van der Waals surface area contributed by atoms with Crippen LogP contribution in [0.2, 0.25) is 0 Å². The van der Waals surface area contributed by atoms with Crippen LogP contribution in [0.5, 0.6) is 0 Å². The van der Waals surface area contributed by atoms with E-state index in [-0.39, 0.29) is 25.1 Å². The summed E-state index contributed by atoms with van der Waals surface area (Å²) in [5.41, 5.74) is 11.4. The lowest BCUT2D eigenvalue weighted by Gasteiger charge is -2.14. The average molecular weight is 231 g/mol. The van der Waals surface area contributed by atoms with Crippen molar-refractivity contribution in [1.82, 2.24) is 0 Å². The Hall–Kier alpha value is -1.26. The van der Waals surface area contributed by atoms with Crippen molar-refractivity contribution in [1.29, 1.82) is 0 Å². The summed E-state index contributed by atoms with van der Waals surface area (Å²) < 4.78 is 4.82. The number of hydrogen-bond donors (Lipinski definition) is 2. The fraction of sp³-hybridized carbons (Fsp3) is 0.300. The molecule has 0 spiro atoms. The van der Waals surface area contributed by atoms with Crippen LogP contribution in [0, 0.1) is 0 Å². The summed E-state index contributed by atoms with van der Waals surface area (Å²) in [5.74, 6) is 0. The van der Waals surface area contributed by atoms with Gasteiger partial charge in [0.1, 0.15) is 6.10 Å². The van der Waals surface area contributed by atoms with Crippen molar-refractivity contribution in [3.8, 4) is 0 Å². The molecular weight excluding hydrogens is 216 g/mol. The Morgan fingerprint density at radius 1 is 1.33 bits per heavy atom. The summed E-state index contributed by atoms with van der Waals surface area (Å²) in [6.45, 7) is 0.276. The van der Waals surface area contributed by atoms with Crippen molar-refractivity contribution in [2.24, 2.45) is 11.5 Å². The number of amides is 1. The Balaban J connectivity index is 0.00000196. The van der Waals surface area contributed by atoms with Gasteiger partial charge in [0.2, 0.25) is 0 Å². The summed E-state index contributed by atoms with van der Waals surface area (Å²) >= 11 is 0. The van der Waals surface area contributed by atoms with E-state index in [1.54, 1.807) is 0 Å². The average Bonchev–Trinajstić information content (AvgIpc) is 2.17. The molecule has 1 aromatic rings. The van der Waals surface area contributed by atoms with Crippen molar-refractivity contribution >= 4 is 18.5 Å². The third-order valence-corrected chi connectivity index (χ3v) is 1.85. The summed E-state index contributed by atoms with van der Waals surface area (Å²) in [7, 11) is 0. The molecule has 1 amide bonds. The zero-order valence-electron chi connectivity index (χ0n) is 8.26. The van der Waals surface area contributed by atoms with Crippen LogP contribution in [-0.4, -0.2) is 18.7 Å². The van der Waals surface area contributed by atoms with E-state index < -0.39 is 6.09 Å². The number of ether oxygens (including phenoxy) is 1. The van der Waals surface area contributed by atoms with Crippen LogP contribution in [0.25, 0.3) is 0 Å². The monoisotopic (exact) mass is 230 g/mol. The van der Waals surface area contributed by atoms with Gasteiger partial charge in [-0.1, -0.05) is 30.3 Å². The second-order valence-corrected chi connectivity index (χ2v) is 2.98. The zero-order valence-corrected chi connectivity index (χ0v) is 9.07. The SMILES string of the molecule is Cl.NCC(Cc1ccccc1)OC(N)=O. The Kier molecular flexibility index (Phi) is 6.49. The number of nitrogens with two attached hydrogens (primary N) is 2. The van der Waals surface area contributed by atoms with Gasteiger partial charge in [-0.25, -0.2) is 4.79 Å². The van der Waals surface area contributed by atoms with E-state index in [4.69, 9.17) is 16.2 Å². The third kappa shape index (κ3) is 5.24. The van der Waals surface area contributed by atoms with Gasteiger partial charge in [0.05, 0.1) is 0 Å². The van der Waals surface area contributed by atoms with Crippen molar-refractivity contribution in [2.75, 3.05) is 6.54 Å². The minimum Gasteiger partial charge on any atom is -0.445 e. The van der Waals surface area contributed by atoms with Gasteiger partial charge in [-0.2, -0.15) is 0 Å². The van der Waals surface area contributed by atoms with Gasteiger partial charge in [-0.3, -0.25) is 0 Å². The van der Waals surface area contributed by atoms with E-state index in [0.29, 0.717) is 6.42 Å². The molecule has 0 saturated carbocycles. The molecule has 15 heavy (non-hydrogen) atoms. The molecule has 0 radical (unpaired) electrons. The Morgan fingerprint density at radius 2 is 1.93 bits per heavy atom. The summed E-state index contributed by atoms with van der Waals surface area (Å²) in [5, 5.41) is 0. The lowest BCUT2D eigenvalue weighted by Crippen LogP contribution is -2.31. The number of carbonyl (C=O) groups is 1. The van der Waals surface area contributed by atoms with Crippen LogP contribution >= 0.6 is 12.4 Å². The Morgan fingerprint density at radius 3 is 2.40 bits per heavy atom. The molecule has 1 rings (SSSR count). The molecule has 0 bridgehead atoms. The first-order valence-electron chi connectivity index (χ1n) is 4.42. The van der Waals surface area contributed by atoms with E-state index in [1.165, 1.54) is 0 Å². The molecule has 1 unspecified atom stereocenters. The van der Waals surface area contributed by atoms with Gasteiger partial charge >= 0.3 is 6.09 Å². The fourth-order valence-electron chi connectivity index (χ4n) is 1.21. The molecule has 1 atom stereocenters. The molecule has 0 saturated heterocycles. The number of carbonyl (C=O) groups excluding carboxylic acids is 1. The molecule has 0 aromatic heterocycles. The molecule has 0 heterocycles. The maximum atomic E-state index is 10.5. The second kappa shape index (κ2) is 7.09. The molecule has 5 heteroatoms. The van der Waals surface area contributed by atoms with Crippen LogP contribution in [-0.2, 0) is 11.2 Å². The molecule has 0 aliphatic heterocycles. The Bertz CT molecular complexity index is 293. The summed E-state index contributed by atoms with van der Waals surface area (Å²) in [4.78, 5) is 10.5. The first kappa shape index (κ1) is 13.7. The predicted molar refractivity (Wildman–Crippen MR) is 60.9 cm³/mol. The van der Waals surface area contributed by atoms with Gasteiger partial charge in [0.15, 0.2) is 0 Å². The van der Waals surface area contributed by atoms with Crippen LogP contribution in [0.15, 0.2) is 30.3 Å². The minimum atomic E-state index is -0.781. The number of rotatable bonds is 4. The standard InChI is InChI=1S/C10H14N2O2.ClH/c11-7-9(14-10(12)13)6-8-4-2-1-3-5-8;/h1-5,9H,6-7,11H2,(H2,12,13);1H. The molecule has 1 aromatic carbocycles. The lowest BCUT2D eigenvalue weighted by atomic mass is 10.1. The van der Waals surface area contributed by atoms with Gasteiger partial charge < -0.3 is 16.2 Å². The number of benzene rings is 1. The van der Waals surface area contributed by atoms with E-state index in [9.17, 15) is 4.79 Å². The largest absolute Gasteiger partial charge is 0.445 e. The first-order chi connectivity index (χ1) is 6.72. The lowest BCUT2D eigenvalue weighted by molar-refractivity contribution is 0.111. The van der Waals surface area contributed by atoms with Crippen LogP contribution in [0.3, 0.4) is 0 Å². The van der Waals surface area contributed by atoms with Crippen molar-refractivity contribution < 1.29 is 9.53 Å². The molecule has 0 aliphatic carbocycles. The smallest absolute Gasteiger partial charge is 0.404 e. The van der Waals surface area contributed by atoms with E-state index >= 15 is 0 Å². The summed E-state index contributed by atoms with van der Waals surface area (Å²) in [6.07, 6.45) is -0.522.